The molecule has 1 aromatic carbocycles. The third-order valence-electron chi connectivity index (χ3n) is 1.86. The molecule has 0 bridgehead atoms. The topological polar surface area (TPSA) is 52.6 Å². The van der Waals surface area contributed by atoms with Gasteiger partial charge in [0.1, 0.15) is 12.4 Å². The Hall–Kier alpha value is -2.10. The lowest BCUT2D eigenvalue weighted by molar-refractivity contribution is -0.142. The van der Waals surface area contributed by atoms with Crippen LogP contribution >= 0.6 is 0 Å². The molecule has 0 aliphatic carbocycles. The van der Waals surface area contributed by atoms with Crippen LogP contribution < -0.4 is 4.74 Å². The molecule has 90 valence electrons. The van der Waals surface area contributed by atoms with Crippen LogP contribution in [0, 0.1) is 0 Å². The van der Waals surface area contributed by atoms with Crippen LogP contribution in [0.3, 0.4) is 0 Å². The third-order valence-corrected chi connectivity index (χ3v) is 1.86. The molecule has 0 saturated carbocycles. The molecule has 1 rings (SSSR count). The van der Waals surface area contributed by atoms with Crippen molar-refractivity contribution in [2.75, 3.05) is 6.61 Å². The standard InChI is InChI=1S/C13H14O4/c1-10(2)13(15)16-9-8-12(14)17-11-6-4-3-5-7-11/h3-7H,1,8-9H2,2H3. The number of benzene rings is 1. The lowest BCUT2D eigenvalue weighted by Crippen LogP contribution is -2.14. The van der Waals surface area contributed by atoms with Gasteiger partial charge in [-0.05, 0) is 19.1 Å². The summed E-state index contributed by atoms with van der Waals surface area (Å²) in [6, 6.07) is 8.72. The highest BCUT2D eigenvalue weighted by Crippen LogP contribution is 2.09. The number of hydrogen-bond donors (Lipinski definition) is 0. The predicted octanol–water partition coefficient (Wildman–Crippen LogP) is 2.10. The Morgan fingerprint density at radius 3 is 2.47 bits per heavy atom. The van der Waals surface area contributed by atoms with Gasteiger partial charge in [-0.1, -0.05) is 24.8 Å². The molecular formula is C13H14O4. The maximum Gasteiger partial charge on any atom is 0.333 e. The molecule has 0 spiro atoms. The van der Waals surface area contributed by atoms with Gasteiger partial charge in [-0.15, -0.1) is 0 Å². The van der Waals surface area contributed by atoms with Crippen molar-refractivity contribution in [2.45, 2.75) is 13.3 Å². The van der Waals surface area contributed by atoms with E-state index in [-0.39, 0.29) is 13.0 Å². The molecule has 0 atom stereocenters. The van der Waals surface area contributed by atoms with Crippen LogP contribution in [0.15, 0.2) is 42.5 Å². The molecular weight excluding hydrogens is 220 g/mol. The van der Waals surface area contributed by atoms with Crippen LogP contribution in [0.25, 0.3) is 0 Å². The fourth-order valence-corrected chi connectivity index (χ4v) is 1.02. The van der Waals surface area contributed by atoms with Crippen molar-refractivity contribution in [3.8, 4) is 5.75 Å². The van der Waals surface area contributed by atoms with E-state index < -0.39 is 11.9 Å². The highest BCUT2D eigenvalue weighted by Gasteiger charge is 2.07. The number of hydrogen-bond acceptors (Lipinski definition) is 4. The van der Waals surface area contributed by atoms with E-state index in [1.807, 2.05) is 6.07 Å². The Morgan fingerprint density at radius 2 is 1.88 bits per heavy atom. The van der Waals surface area contributed by atoms with Crippen LogP contribution in [0.5, 0.6) is 5.75 Å². The molecule has 0 unspecified atom stereocenters. The lowest BCUT2D eigenvalue weighted by Gasteiger charge is -2.05. The van der Waals surface area contributed by atoms with Crippen LogP contribution in [-0.2, 0) is 14.3 Å². The summed E-state index contributed by atoms with van der Waals surface area (Å²) in [6.45, 7) is 4.97. The summed E-state index contributed by atoms with van der Waals surface area (Å²) in [7, 11) is 0. The minimum absolute atomic E-state index is 0.00262. The number of carbonyl (C=O) groups excluding carboxylic acids is 2. The highest BCUT2D eigenvalue weighted by molar-refractivity contribution is 5.87. The Balaban J connectivity index is 2.27. The van der Waals surface area contributed by atoms with Gasteiger partial charge in [0.05, 0.1) is 6.42 Å². The quantitative estimate of drug-likeness (QED) is 0.445. The number of carbonyl (C=O) groups is 2. The second-order valence-electron chi connectivity index (χ2n) is 3.45. The van der Waals surface area contributed by atoms with E-state index in [1.165, 1.54) is 0 Å². The monoisotopic (exact) mass is 234 g/mol. The number of para-hydroxylation sites is 1. The SMILES string of the molecule is C=C(C)C(=O)OCCC(=O)Oc1ccccc1. The van der Waals surface area contributed by atoms with Crippen molar-refractivity contribution >= 4 is 11.9 Å². The smallest absolute Gasteiger partial charge is 0.333 e. The molecule has 4 heteroatoms. The molecule has 0 heterocycles. The molecule has 0 N–H and O–H groups in total. The maximum absolute atomic E-state index is 11.3. The van der Waals surface area contributed by atoms with Gasteiger partial charge in [0, 0.05) is 5.57 Å². The van der Waals surface area contributed by atoms with E-state index in [0.29, 0.717) is 11.3 Å². The Bertz CT molecular complexity index is 409. The molecule has 0 aliphatic heterocycles. The molecule has 0 aliphatic rings. The van der Waals surface area contributed by atoms with Crippen molar-refractivity contribution in [2.24, 2.45) is 0 Å². The summed E-state index contributed by atoms with van der Waals surface area (Å²) in [5.41, 5.74) is 0.307. The first kappa shape index (κ1) is 13.0. The van der Waals surface area contributed by atoms with Gasteiger partial charge in [-0.2, -0.15) is 0 Å². The van der Waals surface area contributed by atoms with E-state index in [9.17, 15) is 9.59 Å². The summed E-state index contributed by atoms with van der Waals surface area (Å²) in [4.78, 5) is 22.3. The number of ether oxygens (including phenoxy) is 2. The van der Waals surface area contributed by atoms with E-state index in [0.717, 1.165) is 0 Å². The third kappa shape index (κ3) is 4.97. The van der Waals surface area contributed by atoms with Gasteiger partial charge in [0.2, 0.25) is 0 Å². The largest absolute Gasteiger partial charge is 0.462 e. The number of esters is 2. The second kappa shape index (κ2) is 6.48. The van der Waals surface area contributed by atoms with Crippen LogP contribution in [0.1, 0.15) is 13.3 Å². The molecule has 0 saturated heterocycles. The molecule has 1 aromatic rings. The van der Waals surface area contributed by atoms with E-state index >= 15 is 0 Å². The first-order chi connectivity index (χ1) is 8.09. The molecule has 0 amide bonds. The summed E-state index contributed by atoms with van der Waals surface area (Å²) in [5.74, 6) is -0.466. The maximum atomic E-state index is 11.3. The first-order valence-electron chi connectivity index (χ1n) is 5.18. The van der Waals surface area contributed by atoms with E-state index in [2.05, 4.69) is 6.58 Å². The van der Waals surface area contributed by atoms with Crippen molar-refractivity contribution in [3.05, 3.63) is 42.5 Å². The van der Waals surface area contributed by atoms with Crippen LogP contribution in [0.4, 0.5) is 0 Å². The van der Waals surface area contributed by atoms with Crippen molar-refractivity contribution in [3.63, 3.8) is 0 Å². The average molecular weight is 234 g/mol. The van der Waals surface area contributed by atoms with Gasteiger partial charge in [-0.25, -0.2) is 4.79 Å². The summed E-state index contributed by atoms with van der Waals surface area (Å²) < 4.78 is 9.78. The van der Waals surface area contributed by atoms with Crippen molar-refractivity contribution in [1.29, 1.82) is 0 Å². The minimum atomic E-state index is -0.502. The van der Waals surface area contributed by atoms with Crippen molar-refractivity contribution < 1.29 is 19.1 Å². The van der Waals surface area contributed by atoms with Gasteiger partial charge in [-0.3, -0.25) is 4.79 Å². The highest BCUT2D eigenvalue weighted by atomic mass is 16.5. The van der Waals surface area contributed by atoms with Gasteiger partial charge < -0.3 is 9.47 Å². The molecule has 4 nitrogen and oxygen atoms in total. The summed E-state index contributed by atoms with van der Waals surface area (Å²) in [5, 5.41) is 0. The van der Waals surface area contributed by atoms with Gasteiger partial charge in [0.15, 0.2) is 0 Å². The molecule has 0 radical (unpaired) electrons. The molecule has 0 fully saturated rings. The average Bonchev–Trinajstić information content (AvgIpc) is 2.30. The first-order valence-corrected chi connectivity index (χ1v) is 5.18. The fraction of sp³-hybridized carbons (Fsp3) is 0.231. The lowest BCUT2D eigenvalue weighted by atomic mass is 10.3. The van der Waals surface area contributed by atoms with E-state index in [4.69, 9.17) is 9.47 Å². The number of rotatable bonds is 5. The van der Waals surface area contributed by atoms with Crippen molar-refractivity contribution in [1.82, 2.24) is 0 Å². The zero-order valence-electron chi connectivity index (χ0n) is 9.64. The van der Waals surface area contributed by atoms with Gasteiger partial charge >= 0.3 is 11.9 Å². The molecule has 0 aromatic heterocycles. The Labute approximate surface area is 99.8 Å². The summed E-state index contributed by atoms with van der Waals surface area (Å²) in [6.07, 6.45) is 0.0217. The second-order valence-corrected chi connectivity index (χ2v) is 3.45. The fourth-order valence-electron chi connectivity index (χ4n) is 1.02. The van der Waals surface area contributed by atoms with Gasteiger partial charge in [0.25, 0.3) is 0 Å². The molecule has 17 heavy (non-hydrogen) atoms. The normalized spacial score (nSPS) is 9.47. The zero-order chi connectivity index (χ0) is 12.7. The van der Waals surface area contributed by atoms with Crippen LogP contribution in [-0.4, -0.2) is 18.5 Å². The zero-order valence-corrected chi connectivity index (χ0v) is 9.64. The predicted molar refractivity (Wildman–Crippen MR) is 62.5 cm³/mol. The van der Waals surface area contributed by atoms with E-state index in [1.54, 1.807) is 31.2 Å². The van der Waals surface area contributed by atoms with Crippen LogP contribution in [0.2, 0.25) is 0 Å². The minimum Gasteiger partial charge on any atom is -0.462 e. The Morgan fingerprint density at radius 1 is 1.24 bits per heavy atom. The Kier molecular flexibility index (Phi) is 4.94. The summed E-state index contributed by atoms with van der Waals surface area (Å²) >= 11 is 0.